The third-order valence-electron chi connectivity index (χ3n) is 3.02. The summed E-state index contributed by atoms with van der Waals surface area (Å²) in [4.78, 5) is 8.33. The molecule has 1 N–H and O–H groups in total. The largest absolute Gasteiger partial charge is 0.348 e. The zero-order valence-corrected chi connectivity index (χ0v) is 11.7. The lowest BCUT2D eigenvalue weighted by Crippen LogP contribution is -2.29. The molecule has 0 unspecified atom stereocenters. The molecule has 17 heavy (non-hydrogen) atoms. The van der Waals surface area contributed by atoms with E-state index in [1.165, 1.54) is 42.4 Å². The highest BCUT2D eigenvalue weighted by Gasteiger charge is 2.14. The Labute approximate surface area is 108 Å². The van der Waals surface area contributed by atoms with E-state index in [9.17, 15) is 0 Å². The summed E-state index contributed by atoms with van der Waals surface area (Å²) in [5.74, 6) is 0.712. The fourth-order valence-electron chi connectivity index (χ4n) is 2.09. The number of piperidine rings is 1. The van der Waals surface area contributed by atoms with Crippen LogP contribution in [0.4, 0.5) is 5.13 Å². The Balaban J connectivity index is 1.82. The first kappa shape index (κ1) is 12.8. The number of nitrogens with zero attached hydrogens (tertiary/aromatic N) is 2. The molecule has 1 aliphatic heterocycles. The molecule has 2 heterocycles. The van der Waals surface area contributed by atoms with Crippen LogP contribution in [0.25, 0.3) is 0 Å². The van der Waals surface area contributed by atoms with Crippen molar-refractivity contribution in [3.63, 3.8) is 0 Å². The summed E-state index contributed by atoms with van der Waals surface area (Å²) >= 11 is 1.84. The topological polar surface area (TPSA) is 28.2 Å². The van der Waals surface area contributed by atoms with E-state index >= 15 is 0 Å². The van der Waals surface area contributed by atoms with Crippen LogP contribution in [-0.4, -0.2) is 24.6 Å². The maximum Gasteiger partial charge on any atom is 0.185 e. The molecule has 0 saturated carbocycles. The van der Waals surface area contributed by atoms with Crippen molar-refractivity contribution in [3.05, 3.63) is 11.1 Å². The first-order chi connectivity index (χ1) is 8.25. The summed E-state index contributed by atoms with van der Waals surface area (Å²) in [5.41, 5.74) is 0. The summed E-state index contributed by atoms with van der Waals surface area (Å²) in [6, 6.07) is 0. The number of anilines is 1. The molecule has 0 aliphatic carbocycles. The average Bonchev–Trinajstić information content (AvgIpc) is 2.78. The van der Waals surface area contributed by atoms with Gasteiger partial charge in [-0.1, -0.05) is 13.8 Å². The smallest absolute Gasteiger partial charge is 0.185 e. The van der Waals surface area contributed by atoms with E-state index < -0.39 is 0 Å². The second-order valence-electron chi connectivity index (χ2n) is 5.18. The number of aromatic nitrogens is 1. The first-order valence-corrected chi connectivity index (χ1v) is 7.47. The third-order valence-corrected chi connectivity index (χ3v) is 4.08. The second kappa shape index (κ2) is 6.36. The van der Waals surface area contributed by atoms with Crippen molar-refractivity contribution in [2.45, 2.75) is 39.7 Å². The highest BCUT2D eigenvalue weighted by molar-refractivity contribution is 7.15. The van der Waals surface area contributed by atoms with Gasteiger partial charge >= 0.3 is 0 Å². The van der Waals surface area contributed by atoms with Crippen molar-refractivity contribution in [3.8, 4) is 0 Å². The molecular formula is C13H23N3S. The molecule has 1 saturated heterocycles. The van der Waals surface area contributed by atoms with Crippen LogP contribution in [0.5, 0.6) is 0 Å². The van der Waals surface area contributed by atoms with Gasteiger partial charge in [0, 0.05) is 30.7 Å². The second-order valence-corrected chi connectivity index (χ2v) is 6.28. The quantitative estimate of drug-likeness (QED) is 0.874. The van der Waals surface area contributed by atoms with Gasteiger partial charge in [0.1, 0.15) is 0 Å². The fourth-order valence-corrected chi connectivity index (χ4v) is 3.03. The SMILES string of the molecule is CC(C)CNCc1cnc(N2CCCCC2)s1. The van der Waals surface area contributed by atoms with Gasteiger partial charge < -0.3 is 10.2 Å². The van der Waals surface area contributed by atoms with Crippen molar-refractivity contribution in [1.29, 1.82) is 0 Å². The minimum absolute atomic E-state index is 0.712. The van der Waals surface area contributed by atoms with Crippen LogP contribution in [0.15, 0.2) is 6.20 Å². The Hall–Kier alpha value is -0.610. The normalized spacial score (nSPS) is 16.8. The van der Waals surface area contributed by atoms with E-state index in [2.05, 4.69) is 29.0 Å². The molecule has 1 aromatic heterocycles. The average molecular weight is 253 g/mol. The first-order valence-electron chi connectivity index (χ1n) is 6.66. The maximum absolute atomic E-state index is 4.54. The van der Waals surface area contributed by atoms with Crippen molar-refractivity contribution < 1.29 is 0 Å². The van der Waals surface area contributed by atoms with Gasteiger partial charge in [0.2, 0.25) is 0 Å². The molecule has 1 aromatic rings. The van der Waals surface area contributed by atoms with Crippen LogP contribution in [0.3, 0.4) is 0 Å². The lowest BCUT2D eigenvalue weighted by Gasteiger charge is -2.25. The van der Waals surface area contributed by atoms with Crippen LogP contribution in [-0.2, 0) is 6.54 Å². The lowest BCUT2D eigenvalue weighted by molar-refractivity contribution is 0.554. The molecule has 0 bridgehead atoms. The van der Waals surface area contributed by atoms with Crippen LogP contribution < -0.4 is 10.2 Å². The van der Waals surface area contributed by atoms with Gasteiger partial charge in [-0.3, -0.25) is 0 Å². The zero-order chi connectivity index (χ0) is 12.1. The Morgan fingerprint density at radius 1 is 1.35 bits per heavy atom. The number of thiazole rings is 1. The highest BCUT2D eigenvalue weighted by atomic mass is 32.1. The number of hydrogen-bond acceptors (Lipinski definition) is 4. The lowest BCUT2D eigenvalue weighted by atomic mass is 10.1. The van der Waals surface area contributed by atoms with E-state index in [0.717, 1.165) is 13.1 Å². The van der Waals surface area contributed by atoms with E-state index in [4.69, 9.17) is 0 Å². The van der Waals surface area contributed by atoms with E-state index in [1.807, 2.05) is 17.5 Å². The summed E-state index contributed by atoms with van der Waals surface area (Å²) in [6.07, 6.45) is 6.05. The molecule has 0 spiro atoms. The molecule has 4 heteroatoms. The molecule has 96 valence electrons. The van der Waals surface area contributed by atoms with Crippen molar-refractivity contribution >= 4 is 16.5 Å². The Bertz CT molecular complexity index is 329. The van der Waals surface area contributed by atoms with Gasteiger partial charge in [-0.25, -0.2) is 4.98 Å². The van der Waals surface area contributed by atoms with Gasteiger partial charge in [0.25, 0.3) is 0 Å². The Morgan fingerprint density at radius 2 is 2.12 bits per heavy atom. The summed E-state index contributed by atoms with van der Waals surface area (Å²) in [7, 11) is 0. The van der Waals surface area contributed by atoms with Crippen LogP contribution in [0, 0.1) is 5.92 Å². The van der Waals surface area contributed by atoms with E-state index in [0.29, 0.717) is 5.92 Å². The Morgan fingerprint density at radius 3 is 2.82 bits per heavy atom. The summed E-state index contributed by atoms with van der Waals surface area (Å²) < 4.78 is 0. The third kappa shape index (κ3) is 3.96. The molecule has 3 nitrogen and oxygen atoms in total. The predicted octanol–water partition coefficient (Wildman–Crippen LogP) is 2.88. The van der Waals surface area contributed by atoms with Gasteiger partial charge in [0.05, 0.1) is 0 Å². The highest BCUT2D eigenvalue weighted by Crippen LogP contribution is 2.25. The number of nitrogens with one attached hydrogen (secondary N) is 1. The minimum Gasteiger partial charge on any atom is -0.348 e. The van der Waals surface area contributed by atoms with Crippen molar-refractivity contribution in [2.24, 2.45) is 5.92 Å². The fraction of sp³-hybridized carbons (Fsp3) is 0.769. The molecule has 0 aromatic carbocycles. The molecule has 1 aliphatic rings. The molecule has 2 rings (SSSR count). The number of hydrogen-bond donors (Lipinski definition) is 1. The van der Waals surface area contributed by atoms with Gasteiger partial charge in [-0.2, -0.15) is 0 Å². The van der Waals surface area contributed by atoms with Gasteiger partial charge in [-0.15, -0.1) is 11.3 Å². The Kier molecular flexibility index (Phi) is 4.80. The minimum atomic E-state index is 0.712. The maximum atomic E-state index is 4.54. The van der Waals surface area contributed by atoms with Crippen LogP contribution in [0.1, 0.15) is 38.0 Å². The standard InChI is InChI=1S/C13H23N3S/c1-11(2)8-14-9-12-10-15-13(17-12)16-6-4-3-5-7-16/h10-11,14H,3-9H2,1-2H3. The molecule has 1 fully saturated rings. The predicted molar refractivity (Wildman–Crippen MR) is 74.7 cm³/mol. The van der Waals surface area contributed by atoms with E-state index in [-0.39, 0.29) is 0 Å². The van der Waals surface area contributed by atoms with Crippen LogP contribution >= 0.6 is 11.3 Å². The van der Waals surface area contributed by atoms with Crippen LogP contribution in [0.2, 0.25) is 0 Å². The number of rotatable bonds is 5. The molecule has 0 radical (unpaired) electrons. The van der Waals surface area contributed by atoms with Gasteiger partial charge in [-0.05, 0) is 31.7 Å². The van der Waals surface area contributed by atoms with Gasteiger partial charge in [0.15, 0.2) is 5.13 Å². The summed E-state index contributed by atoms with van der Waals surface area (Å²) in [5, 5.41) is 4.68. The molecule has 0 atom stereocenters. The molecular weight excluding hydrogens is 230 g/mol. The monoisotopic (exact) mass is 253 g/mol. The summed E-state index contributed by atoms with van der Waals surface area (Å²) in [6.45, 7) is 8.89. The van der Waals surface area contributed by atoms with Crippen molar-refractivity contribution in [1.82, 2.24) is 10.3 Å². The van der Waals surface area contributed by atoms with Crippen molar-refractivity contribution in [2.75, 3.05) is 24.5 Å². The van der Waals surface area contributed by atoms with E-state index in [1.54, 1.807) is 0 Å². The zero-order valence-electron chi connectivity index (χ0n) is 10.9. The molecule has 0 amide bonds.